The molecule has 17 heavy (non-hydrogen) atoms. The number of rotatable bonds is 7. The van der Waals surface area contributed by atoms with Crippen molar-refractivity contribution in [2.75, 3.05) is 39.9 Å². The first-order valence-electron chi connectivity index (χ1n) is 6.74. The van der Waals surface area contributed by atoms with Crippen molar-refractivity contribution in [3.63, 3.8) is 0 Å². The van der Waals surface area contributed by atoms with Crippen LogP contribution in [0.1, 0.15) is 26.7 Å². The second-order valence-corrected chi connectivity index (χ2v) is 5.44. The lowest BCUT2D eigenvalue weighted by Crippen LogP contribution is -2.44. The maximum atomic E-state index is 9.93. The van der Waals surface area contributed by atoms with Crippen LogP contribution in [-0.2, 0) is 4.74 Å². The first-order valence-corrected chi connectivity index (χ1v) is 6.74. The number of hydrogen-bond acceptors (Lipinski definition) is 4. The highest BCUT2D eigenvalue weighted by molar-refractivity contribution is 4.76. The summed E-state index contributed by atoms with van der Waals surface area (Å²) in [6, 6.07) is 0.437. The number of ether oxygens (including phenoxy) is 1. The summed E-state index contributed by atoms with van der Waals surface area (Å²) in [5, 5.41) is 13.2. The largest absolute Gasteiger partial charge is 0.390 e. The summed E-state index contributed by atoms with van der Waals surface area (Å²) in [5.74, 6) is 0.638. The van der Waals surface area contributed by atoms with Crippen molar-refractivity contribution in [1.29, 1.82) is 0 Å². The van der Waals surface area contributed by atoms with E-state index in [1.807, 2.05) is 0 Å². The van der Waals surface area contributed by atoms with Crippen LogP contribution in [0.2, 0.25) is 0 Å². The van der Waals surface area contributed by atoms with Gasteiger partial charge in [0.05, 0.1) is 12.7 Å². The molecule has 1 saturated heterocycles. The van der Waals surface area contributed by atoms with Gasteiger partial charge < -0.3 is 20.1 Å². The van der Waals surface area contributed by atoms with E-state index >= 15 is 0 Å². The van der Waals surface area contributed by atoms with E-state index in [1.54, 1.807) is 7.11 Å². The fourth-order valence-corrected chi connectivity index (χ4v) is 2.42. The molecular formula is C13H28N2O2. The minimum absolute atomic E-state index is 0.265. The zero-order valence-electron chi connectivity index (χ0n) is 11.5. The molecule has 0 spiro atoms. The molecule has 0 aromatic carbocycles. The van der Waals surface area contributed by atoms with Crippen LogP contribution in [0, 0.1) is 5.92 Å². The Morgan fingerprint density at radius 1 is 1.47 bits per heavy atom. The van der Waals surface area contributed by atoms with E-state index in [9.17, 15) is 5.11 Å². The fraction of sp³-hybridized carbons (Fsp3) is 1.00. The molecule has 0 radical (unpaired) electrons. The number of aliphatic hydroxyl groups excluding tert-OH is 1. The normalized spacial score (nSPS) is 24.2. The monoisotopic (exact) mass is 244 g/mol. The Balaban J connectivity index is 2.20. The van der Waals surface area contributed by atoms with Crippen LogP contribution in [0.5, 0.6) is 0 Å². The van der Waals surface area contributed by atoms with Crippen LogP contribution in [0.3, 0.4) is 0 Å². The van der Waals surface area contributed by atoms with E-state index < -0.39 is 0 Å². The lowest BCUT2D eigenvalue weighted by molar-refractivity contribution is 0.0559. The van der Waals surface area contributed by atoms with Gasteiger partial charge in [-0.3, -0.25) is 0 Å². The van der Waals surface area contributed by atoms with Crippen molar-refractivity contribution < 1.29 is 9.84 Å². The summed E-state index contributed by atoms with van der Waals surface area (Å²) < 4.78 is 5.21. The number of methoxy groups -OCH3 is 1. The van der Waals surface area contributed by atoms with Crippen molar-refractivity contribution >= 4 is 0 Å². The lowest BCUT2D eigenvalue weighted by Gasteiger charge is -2.33. The number of nitrogens with zero attached hydrogens (tertiary/aromatic N) is 1. The second-order valence-electron chi connectivity index (χ2n) is 5.44. The maximum absolute atomic E-state index is 9.93. The zero-order valence-corrected chi connectivity index (χ0v) is 11.5. The topological polar surface area (TPSA) is 44.7 Å². The average molecular weight is 244 g/mol. The van der Waals surface area contributed by atoms with Crippen molar-refractivity contribution in [2.24, 2.45) is 5.92 Å². The van der Waals surface area contributed by atoms with Crippen LogP contribution in [0.15, 0.2) is 0 Å². The van der Waals surface area contributed by atoms with Crippen LogP contribution in [0.25, 0.3) is 0 Å². The highest BCUT2D eigenvalue weighted by Crippen LogP contribution is 2.16. The van der Waals surface area contributed by atoms with Crippen LogP contribution >= 0.6 is 0 Å². The molecule has 0 aromatic rings. The molecule has 1 aliphatic rings. The summed E-state index contributed by atoms with van der Waals surface area (Å²) in [6.07, 6.45) is 2.21. The van der Waals surface area contributed by atoms with Crippen molar-refractivity contribution in [3.8, 4) is 0 Å². The SMILES string of the molecule is COCC1CCCN(CC(O)CNC(C)C)C1. The molecule has 102 valence electrons. The fourth-order valence-electron chi connectivity index (χ4n) is 2.42. The second kappa shape index (κ2) is 8.03. The third-order valence-electron chi connectivity index (χ3n) is 3.24. The molecule has 0 amide bonds. The molecule has 0 bridgehead atoms. The first kappa shape index (κ1) is 14.9. The number of hydrogen-bond donors (Lipinski definition) is 2. The van der Waals surface area contributed by atoms with Gasteiger partial charge in [0.1, 0.15) is 0 Å². The number of β-amino-alcohol motifs (C(OH)–C–C–N with tert-alkyl or cyclic N) is 1. The Kier molecular flexibility index (Phi) is 7.04. The van der Waals surface area contributed by atoms with Crippen molar-refractivity contribution in [2.45, 2.75) is 38.8 Å². The lowest BCUT2D eigenvalue weighted by atomic mass is 9.99. The smallest absolute Gasteiger partial charge is 0.0791 e. The summed E-state index contributed by atoms with van der Waals surface area (Å²) in [4.78, 5) is 2.36. The van der Waals surface area contributed by atoms with Gasteiger partial charge in [-0.2, -0.15) is 0 Å². The maximum Gasteiger partial charge on any atom is 0.0791 e. The molecule has 1 heterocycles. The number of nitrogens with one attached hydrogen (secondary N) is 1. The molecule has 4 nitrogen and oxygen atoms in total. The molecule has 0 aromatic heterocycles. The standard InChI is InChI=1S/C13H28N2O2/c1-11(2)14-7-13(16)9-15-6-4-5-12(8-15)10-17-3/h11-14,16H,4-10H2,1-3H3. The van der Waals surface area contributed by atoms with Gasteiger partial charge in [0.15, 0.2) is 0 Å². The van der Waals surface area contributed by atoms with E-state index in [1.165, 1.54) is 12.8 Å². The summed E-state index contributed by atoms with van der Waals surface area (Å²) in [5.41, 5.74) is 0. The van der Waals surface area contributed by atoms with Crippen LogP contribution in [-0.4, -0.2) is 62.0 Å². The third kappa shape index (κ3) is 6.36. The molecule has 4 heteroatoms. The Bertz CT molecular complexity index is 198. The number of likely N-dealkylation sites (tertiary alicyclic amines) is 1. The molecular weight excluding hydrogens is 216 g/mol. The molecule has 2 atom stereocenters. The molecule has 1 aliphatic heterocycles. The minimum atomic E-state index is -0.265. The van der Waals surface area contributed by atoms with Gasteiger partial charge in [-0.1, -0.05) is 13.8 Å². The van der Waals surface area contributed by atoms with Crippen LogP contribution < -0.4 is 5.32 Å². The average Bonchev–Trinajstić information content (AvgIpc) is 2.27. The Labute approximate surface area is 105 Å². The van der Waals surface area contributed by atoms with Crippen molar-refractivity contribution in [3.05, 3.63) is 0 Å². The van der Waals surface area contributed by atoms with E-state index in [2.05, 4.69) is 24.1 Å². The summed E-state index contributed by atoms with van der Waals surface area (Å²) in [6.45, 7) is 8.68. The first-order chi connectivity index (χ1) is 8.11. The minimum Gasteiger partial charge on any atom is -0.390 e. The van der Waals surface area contributed by atoms with Crippen molar-refractivity contribution in [1.82, 2.24) is 10.2 Å². The molecule has 0 saturated carbocycles. The molecule has 0 aliphatic carbocycles. The Morgan fingerprint density at radius 3 is 2.88 bits per heavy atom. The van der Waals surface area contributed by atoms with Gasteiger partial charge in [-0.05, 0) is 25.3 Å². The quantitative estimate of drug-likeness (QED) is 0.692. The predicted octanol–water partition coefficient (Wildman–Crippen LogP) is 0.704. The van der Waals surface area contributed by atoms with Gasteiger partial charge >= 0.3 is 0 Å². The summed E-state index contributed by atoms with van der Waals surface area (Å²) in [7, 11) is 1.76. The third-order valence-corrected chi connectivity index (χ3v) is 3.24. The highest BCUT2D eigenvalue weighted by atomic mass is 16.5. The highest BCUT2D eigenvalue weighted by Gasteiger charge is 2.21. The summed E-state index contributed by atoms with van der Waals surface area (Å²) >= 11 is 0. The Hall–Kier alpha value is -0.160. The van der Waals surface area contributed by atoms with Gasteiger partial charge in [0, 0.05) is 32.8 Å². The predicted molar refractivity (Wildman–Crippen MR) is 70.2 cm³/mol. The number of aliphatic hydroxyl groups is 1. The van der Waals surface area contributed by atoms with E-state index in [0.717, 1.165) is 26.2 Å². The van der Waals surface area contributed by atoms with E-state index in [4.69, 9.17) is 4.74 Å². The van der Waals surface area contributed by atoms with Gasteiger partial charge in [0.25, 0.3) is 0 Å². The molecule has 1 rings (SSSR count). The van der Waals surface area contributed by atoms with Gasteiger partial charge in [0.2, 0.25) is 0 Å². The van der Waals surface area contributed by atoms with Crippen LogP contribution in [0.4, 0.5) is 0 Å². The molecule has 1 fully saturated rings. The Morgan fingerprint density at radius 2 is 2.24 bits per heavy atom. The number of piperidine rings is 1. The molecule has 2 N–H and O–H groups in total. The van der Waals surface area contributed by atoms with E-state index in [0.29, 0.717) is 18.5 Å². The zero-order chi connectivity index (χ0) is 12.7. The van der Waals surface area contributed by atoms with E-state index in [-0.39, 0.29) is 6.10 Å². The molecule has 2 unspecified atom stereocenters. The van der Waals surface area contributed by atoms with Gasteiger partial charge in [-0.25, -0.2) is 0 Å². The van der Waals surface area contributed by atoms with Gasteiger partial charge in [-0.15, -0.1) is 0 Å².